The maximum atomic E-state index is 13.3. The summed E-state index contributed by atoms with van der Waals surface area (Å²) < 4.78 is 12.1. The second-order valence-corrected chi connectivity index (χ2v) is 9.75. The number of anilines is 1. The fourth-order valence-electron chi connectivity index (χ4n) is 4.38. The second kappa shape index (κ2) is 11.1. The van der Waals surface area contributed by atoms with Gasteiger partial charge in [0.25, 0.3) is 5.91 Å². The molecule has 0 spiro atoms. The molecule has 1 aliphatic heterocycles. The summed E-state index contributed by atoms with van der Waals surface area (Å²) in [6.07, 6.45) is 6.90. The van der Waals surface area contributed by atoms with Crippen molar-refractivity contribution in [1.82, 2.24) is 19.8 Å². The Bertz CT molecular complexity index is 1030. The van der Waals surface area contributed by atoms with Gasteiger partial charge in [-0.3, -0.25) is 14.5 Å². The number of ether oxygens (including phenoxy) is 2. The number of likely N-dealkylation sites (N-methyl/N-ethyl adjacent to an activating group) is 1. The van der Waals surface area contributed by atoms with Crippen LogP contribution in [0, 0.1) is 11.8 Å². The zero-order chi connectivity index (χ0) is 24.9. The molecule has 9 heteroatoms. The zero-order valence-electron chi connectivity index (χ0n) is 20.9. The van der Waals surface area contributed by atoms with Crippen molar-refractivity contribution in [3.63, 3.8) is 0 Å². The van der Waals surface area contributed by atoms with E-state index in [1.807, 2.05) is 12.4 Å². The summed E-state index contributed by atoms with van der Waals surface area (Å²) >= 11 is 0. The van der Waals surface area contributed by atoms with E-state index < -0.39 is 0 Å². The first kappa shape index (κ1) is 25.1. The van der Waals surface area contributed by atoms with Crippen LogP contribution >= 0.6 is 0 Å². The highest BCUT2D eigenvalue weighted by Gasteiger charge is 2.31. The number of amides is 2. The summed E-state index contributed by atoms with van der Waals surface area (Å²) in [5, 5.41) is 2.95. The lowest BCUT2D eigenvalue weighted by Crippen LogP contribution is -2.46. The molecule has 1 aliphatic carbocycles. The lowest BCUT2D eigenvalue weighted by Gasteiger charge is -2.36. The lowest BCUT2D eigenvalue weighted by molar-refractivity contribution is -0.117. The third kappa shape index (κ3) is 6.35. The van der Waals surface area contributed by atoms with Gasteiger partial charge in [0.1, 0.15) is 18.7 Å². The summed E-state index contributed by atoms with van der Waals surface area (Å²) in [5.41, 5.74) is 2.12. The van der Waals surface area contributed by atoms with Crippen molar-refractivity contribution in [3.8, 4) is 5.75 Å². The maximum Gasteiger partial charge on any atom is 0.257 e. The van der Waals surface area contributed by atoms with E-state index in [2.05, 4.69) is 34.0 Å². The number of nitrogens with one attached hydrogen (secondary N) is 1. The summed E-state index contributed by atoms with van der Waals surface area (Å²) in [6, 6.07) is 5.30. The van der Waals surface area contributed by atoms with E-state index in [1.165, 1.54) is 6.33 Å². The monoisotopic (exact) mass is 481 g/mol. The quantitative estimate of drug-likeness (QED) is 0.701. The van der Waals surface area contributed by atoms with Crippen LogP contribution in [0.5, 0.6) is 5.75 Å². The second-order valence-electron chi connectivity index (χ2n) is 9.75. The smallest absolute Gasteiger partial charge is 0.257 e. The molecule has 1 saturated carbocycles. The third-order valence-corrected chi connectivity index (χ3v) is 6.79. The minimum Gasteiger partial charge on any atom is -0.491 e. The van der Waals surface area contributed by atoms with Gasteiger partial charge in [0.2, 0.25) is 5.91 Å². The molecule has 188 valence electrons. The first-order valence-electron chi connectivity index (χ1n) is 12.2. The van der Waals surface area contributed by atoms with Gasteiger partial charge in [-0.05, 0) is 37.8 Å². The average Bonchev–Trinajstić information content (AvgIpc) is 3.71. The van der Waals surface area contributed by atoms with Crippen molar-refractivity contribution in [1.29, 1.82) is 0 Å². The predicted molar refractivity (Wildman–Crippen MR) is 132 cm³/mol. The van der Waals surface area contributed by atoms with Gasteiger partial charge in [-0.25, -0.2) is 9.97 Å². The van der Waals surface area contributed by atoms with Crippen LogP contribution < -0.4 is 10.1 Å². The molecular weight excluding hydrogens is 446 g/mol. The van der Waals surface area contributed by atoms with E-state index in [1.54, 1.807) is 37.3 Å². The molecule has 1 aromatic heterocycles. The molecular formula is C26H35N5O4. The number of carbonyl (C=O) groups excluding carboxylic acids is 2. The molecule has 3 atom stereocenters. The minimum absolute atomic E-state index is 0.0168. The van der Waals surface area contributed by atoms with Crippen molar-refractivity contribution >= 4 is 17.5 Å². The zero-order valence-corrected chi connectivity index (χ0v) is 20.9. The Morgan fingerprint density at radius 3 is 2.63 bits per heavy atom. The molecule has 9 nitrogen and oxygen atoms in total. The topological polar surface area (TPSA) is 96.9 Å². The van der Waals surface area contributed by atoms with E-state index in [-0.39, 0.29) is 35.8 Å². The van der Waals surface area contributed by atoms with Gasteiger partial charge in [-0.2, -0.15) is 0 Å². The van der Waals surface area contributed by atoms with Gasteiger partial charge in [0.15, 0.2) is 0 Å². The molecule has 1 aromatic carbocycles. The number of rotatable bonds is 5. The highest BCUT2D eigenvalue weighted by atomic mass is 16.5. The highest BCUT2D eigenvalue weighted by Crippen LogP contribution is 2.32. The van der Waals surface area contributed by atoms with Crippen LogP contribution in [0.1, 0.15) is 42.6 Å². The normalized spacial score (nSPS) is 24.1. The van der Waals surface area contributed by atoms with Gasteiger partial charge in [0.05, 0.1) is 11.7 Å². The molecule has 1 fully saturated rings. The Labute approximate surface area is 206 Å². The summed E-state index contributed by atoms with van der Waals surface area (Å²) in [6.45, 7) is 6.50. The average molecular weight is 482 g/mol. The van der Waals surface area contributed by atoms with Crippen molar-refractivity contribution in [3.05, 3.63) is 48.0 Å². The SMILES string of the molecule is CO[C@H]1CN(C)C(=O)c2ccc(NC(=O)C3CC3)cc2OC[C@H](C)N(Cc2cncnc2)C[C@H]1C. The van der Waals surface area contributed by atoms with Crippen LogP contribution in [0.15, 0.2) is 36.9 Å². The van der Waals surface area contributed by atoms with Crippen molar-refractivity contribution < 1.29 is 19.1 Å². The first-order chi connectivity index (χ1) is 16.9. The van der Waals surface area contributed by atoms with Gasteiger partial charge >= 0.3 is 0 Å². The van der Waals surface area contributed by atoms with Gasteiger partial charge in [-0.15, -0.1) is 0 Å². The summed E-state index contributed by atoms with van der Waals surface area (Å²) in [5.74, 6) is 0.603. The largest absolute Gasteiger partial charge is 0.491 e. The Morgan fingerprint density at radius 1 is 1.20 bits per heavy atom. The van der Waals surface area contributed by atoms with E-state index in [0.717, 1.165) is 24.9 Å². The molecule has 4 rings (SSSR count). The van der Waals surface area contributed by atoms with Crippen molar-refractivity contribution in [2.45, 2.75) is 45.4 Å². The van der Waals surface area contributed by atoms with Crippen LogP contribution in [-0.2, 0) is 16.1 Å². The molecule has 2 aromatic rings. The van der Waals surface area contributed by atoms with Gasteiger partial charge in [-0.1, -0.05) is 6.92 Å². The Kier molecular flexibility index (Phi) is 7.97. The predicted octanol–water partition coefficient (Wildman–Crippen LogP) is 2.83. The summed E-state index contributed by atoms with van der Waals surface area (Å²) in [7, 11) is 3.47. The van der Waals surface area contributed by atoms with Crippen LogP contribution in [-0.4, -0.2) is 77.6 Å². The Hall–Kier alpha value is -3.04. The Balaban J connectivity index is 1.62. The number of fused-ring (bicyclic) bond motifs is 1. The van der Waals surface area contributed by atoms with Crippen molar-refractivity contribution in [2.75, 3.05) is 39.2 Å². The minimum atomic E-state index is -0.138. The fourth-order valence-corrected chi connectivity index (χ4v) is 4.38. The maximum absolute atomic E-state index is 13.3. The van der Waals surface area contributed by atoms with Crippen molar-refractivity contribution in [2.24, 2.45) is 11.8 Å². The lowest BCUT2D eigenvalue weighted by atomic mass is 10.0. The number of hydrogen-bond acceptors (Lipinski definition) is 7. The number of carbonyl (C=O) groups is 2. The van der Waals surface area contributed by atoms with Crippen LogP contribution in [0.3, 0.4) is 0 Å². The van der Waals surface area contributed by atoms with Gasteiger partial charge < -0.3 is 19.7 Å². The highest BCUT2D eigenvalue weighted by molar-refractivity contribution is 5.99. The van der Waals surface area contributed by atoms with Crippen LogP contribution in [0.4, 0.5) is 5.69 Å². The fraction of sp³-hybridized carbons (Fsp3) is 0.538. The molecule has 0 saturated heterocycles. The molecule has 0 unspecified atom stereocenters. The molecule has 2 heterocycles. The molecule has 0 bridgehead atoms. The van der Waals surface area contributed by atoms with Gasteiger partial charge in [0, 0.05) is 75.5 Å². The molecule has 2 amide bonds. The Morgan fingerprint density at radius 2 is 1.94 bits per heavy atom. The van der Waals surface area contributed by atoms with E-state index in [9.17, 15) is 9.59 Å². The summed E-state index contributed by atoms with van der Waals surface area (Å²) in [4.78, 5) is 37.9. The van der Waals surface area contributed by atoms with E-state index in [0.29, 0.717) is 36.7 Å². The standard InChI is InChI=1S/C26H35N5O4/c1-17-12-31(13-19-10-27-16-28-11-19)18(2)15-35-23-9-21(29-25(32)20-5-6-20)7-8-22(23)26(33)30(3)14-24(17)34-4/h7-11,16-18,20,24H,5-6,12-15H2,1-4H3,(H,29,32)/t17-,18+,24+/m1/s1. The molecule has 1 N–H and O–H groups in total. The number of hydrogen-bond donors (Lipinski definition) is 1. The molecule has 2 aliphatic rings. The number of aromatic nitrogens is 2. The first-order valence-corrected chi connectivity index (χ1v) is 12.2. The third-order valence-electron chi connectivity index (χ3n) is 6.79. The molecule has 0 radical (unpaired) electrons. The molecule has 35 heavy (non-hydrogen) atoms. The number of methoxy groups -OCH3 is 1. The van der Waals surface area contributed by atoms with Crippen LogP contribution in [0.2, 0.25) is 0 Å². The van der Waals surface area contributed by atoms with E-state index >= 15 is 0 Å². The van der Waals surface area contributed by atoms with Crippen LogP contribution in [0.25, 0.3) is 0 Å². The van der Waals surface area contributed by atoms with E-state index in [4.69, 9.17) is 9.47 Å². The number of benzene rings is 1. The number of nitrogens with zero attached hydrogens (tertiary/aromatic N) is 4.